The molecular weight excluding hydrogens is 586 g/mol. The zero-order valence-corrected chi connectivity index (χ0v) is 25.5. The zero-order chi connectivity index (χ0) is 30.6. The molecule has 3 heterocycles. The van der Waals surface area contributed by atoms with E-state index in [1.54, 1.807) is 0 Å². The average Bonchev–Trinajstić information content (AvgIpc) is 3.36. The predicted octanol–water partition coefficient (Wildman–Crippen LogP) is 5.39. The number of rotatable bonds is 7. The van der Waals surface area contributed by atoms with Gasteiger partial charge in [-0.2, -0.15) is 15.2 Å². The molecule has 5 aliphatic rings. The van der Waals surface area contributed by atoms with Crippen molar-refractivity contribution in [3.8, 4) is 12.1 Å². The van der Waals surface area contributed by atoms with Gasteiger partial charge in [-0.15, -0.1) is 0 Å². The second-order valence-electron chi connectivity index (χ2n) is 12.9. The molecule has 1 aromatic carbocycles. The number of hydrogen-bond donors (Lipinski definition) is 0. The third-order valence-corrected chi connectivity index (χ3v) is 11.1. The molecule has 1 aromatic heterocycles. The zero-order valence-electron chi connectivity index (χ0n) is 24.8. The van der Waals surface area contributed by atoms with Gasteiger partial charge < -0.3 is 14.5 Å². The lowest BCUT2D eigenvalue weighted by Crippen LogP contribution is -2.57. The topological polar surface area (TPSA) is 85.6 Å². The smallest absolute Gasteiger partial charge is 0.318 e. The van der Waals surface area contributed by atoms with Gasteiger partial charge in [0.25, 0.3) is 5.91 Å². The molecule has 2 aromatic rings. The van der Waals surface area contributed by atoms with Crippen molar-refractivity contribution in [2.45, 2.75) is 87.5 Å². The highest BCUT2D eigenvalue weighted by molar-refractivity contribution is 6.31. The molecule has 1 spiro atoms. The Kier molecular flexibility index (Phi) is 7.74. The van der Waals surface area contributed by atoms with E-state index in [9.17, 15) is 14.4 Å². The Hall–Kier alpha value is -3.29. The van der Waals surface area contributed by atoms with Crippen LogP contribution in [0.3, 0.4) is 0 Å². The van der Waals surface area contributed by atoms with Crippen LogP contribution >= 0.6 is 11.6 Å². The summed E-state index contributed by atoms with van der Waals surface area (Å²) in [6.07, 6.45) is 5.94. The Morgan fingerprint density at radius 2 is 1.93 bits per heavy atom. The lowest BCUT2D eigenvalue weighted by molar-refractivity contribution is -0.131. The van der Waals surface area contributed by atoms with Crippen molar-refractivity contribution in [3.05, 3.63) is 58.0 Å². The maximum atomic E-state index is 17.1. The molecule has 1 amide bonds. The summed E-state index contributed by atoms with van der Waals surface area (Å²) >= 11 is 6.55. The molecule has 7 rings (SSSR count). The van der Waals surface area contributed by atoms with Gasteiger partial charge in [0.05, 0.1) is 24.2 Å². The minimum Gasteiger partial charge on any atom is -0.462 e. The first kappa shape index (κ1) is 29.4. The van der Waals surface area contributed by atoms with Crippen LogP contribution in [0.1, 0.15) is 73.5 Å². The van der Waals surface area contributed by atoms with E-state index in [1.807, 2.05) is 23.1 Å². The minimum atomic E-state index is -1.38. The number of likely N-dealkylation sites (tertiary alicyclic amines) is 1. The fourth-order valence-electron chi connectivity index (χ4n) is 8.03. The maximum absolute atomic E-state index is 17.1. The summed E-state index contributed by atoms with van der Waals surface area (Å²) in [7, 11) is 0. The number of carbonyl (C=O) groups is 1. The Bertz CT molecular complexity index is 1530. The summed E-state index contributed by atoms with van der Waals surface area (Å²) in [6.45, 7) is 5.47. The summed E-state index contributed by atoms with van der Waals surface area (Å²) in [5, 5.41) is 10.2. The van der Waals surface area contributed by atoms with Crippen molar-refractivity contribution in [2.24, 2.45) is 0 Å². The lowest BCUT2D eigenvalue weighted by atomic mass is 9.68. The van der Waals surface area contributed by atoms with Gasteiger partial charge in [-0.1, -0.05) is 36.7 Å². The van der Waals surface area contributed by atoms with Crippen molar-refractivity contribution in [2.75, 3.05) is 37.7 Å². The molecule has 8 nitrogen and oxygen atoms in total. The van der Waals surface area contributed by atoms with Gasteiger partial charge in [-0.05, 0) is 62.1 Å². The highest BCUT2D eigenvalue weighted by atomic mass is 35.5. The number of alkyl halides is 1. The van der Waals surface area contributed by atoms with Gasteiger partial charge in [0.15, 0.2) is 12.0 Å². The molecule has 1 saturated carbocycles. The second kappa shape index (κ2) is 11.6. The highest BCUT2D eigenvalue weighted by Gasteiger charge is 2.51. The lowest BCUT2D eigenvalue weighted by Gasteiger charge is -2.49. The molecule has 3 fully saturated rings. The number of carbonyl (C=O) groups excluding carboxylic acids is 1. The Morgan fingerprint density at radius 3 is 2.61 bits per heavy atom. The highest BCUT2D eigenvalue weighted by Crippen LogP contribution is 2.56. The number of halogens is 3. The average molecular weight is 623 g/mol. The summed E-state index contributed by atoms with van der Waals surface area (Å²) in [4.78, 5) is 28.0. The first-order valence-corrected chi connectivity index (χ1v) is 16.2. The Morgan fingerprint density at radius 1 is 1.14 bits per heavy atom. The molecule has 0 radical (unpaired) electrons. The molecule has 0 unspecified atom stereocenters. The number of anilines is 1. The van der Waals surface area contributed by atoms with Gasteiger partial charge in [-0.3, -0.25) is 9.69 Å². The number of nitriles is 1. The molecule has 2 saturated heterocycles. The van der Waals surface area contributed by atoms with E-state index in [1.165, 1.54) is 24.2 Å². The second-order valence-corrected chi connectivity index (χ2v) is 13.3. The van der Waals surface area contributed by atoms with E-state index >= 15 is 4.39 Å². The summed E-state index contributed by atoms with van der Waals surface area (Å²) in [5.74, 6) is -1.28. The monoisotopic (exact) mass is 622 g/mol. The van der Waals surface area contributed by atoms with Crippen molar-refractivity contribution in [1.29, 1.82) is 5.26 Å². The van der Waals surface area contributed by atoms with Gasteiger partial charge in [0.1, 0.15) is 12.4 Å². The number of fused-ring (bicyclic) bond motifs is 3. The molecule has 44 heavy (non-hydrogen) atoms. The van der Waals surface area contributed by atoms with Crippen LogP contribution < -0.4 is 9.64 Å². The van der Waals surface area contributed by atoms with Gasteiger partial charge >= 0.3 is 6.01 Å². The first-order valence-electron chi connectivity index (χ1n) is 15.8. The number of amides is 1. The van der Waals surface area contributed by atoms with Crippen LogP contribution in [0.4, 0.5) is 14.6 Å². The molecule has 0 bridgehead atoms. The minimum absolute atomic E-state index is 0.0250. The predicted molar refractivity (Wildman–Crippen MR) is 162 cm³/mol. The molecule has 232 valence electrons. The standard InChI is InChI=1S/C33H37ClF2N6O2/c1-20(35)31(43)42-17-16-40(18-22(42)10-14-37)30-25-9-13-33(12-8-24-26(33)6-3-7-27(24)34)29(36)28(25)38-32(39-30)44-19-23-11-15-41(23)21-4-2-5-21/h3,6-7,21-23,29H,1-2,4-5,8-13,15-19H2/t22-,23-,29-,33+/m0/s1. The van der Waals surface area contributed by atoms with Crippen LogP contribution in [-0.4, -0.2) is 76.6 Å². The van der Waals surface area contributed by atoms with Crippen LogP contribution in [-0.2, 0) is 23.1 Å². The number of benzene rings is 1. The third kappa shape index (κ3) is 4.83. The van der Waals surface area contributed by atoms with Crippen LogP contribution in [0.5, 0.6) is 6.01 Å². The number of piperazine rings is 1. The fraction of sp³-hybridized carbons (Fsp3) is 0.576. The van der Waals surface area contributed by atoms with Gasteiger partial charge in [-0.25, -0.2) is 8.78 Å². The molecule has 11 heteroatoms. The summed E-state index contributed by atoms with van der Waals surface area (Å²) < 4.78 is 37.1. The quantitative estimate of drug-likeness (QED) is 0.383. The number of nitrogens with zero attached hydrogens (tertiary/aromatic N) is 6. The molecule has 0 N–H and O–H groups in total. The van der Waals surface area contributed by atoms with Crippen molar-refractivity contribution in [1.82, 2.24) is 19.8 Å². The SMILES string of the molecule is C=C(F)C(=O)N1CCN(c2nc(OC[C@@H]3CCN3C3CCC3)nc3c2CC[C@@]2(CCc4c(Cl)cccc42)[C@H]3F)C[C@@H]1CC#N. The summed E-state index contributed by atoms with van der Waals surface area (Å²) in [6, 6.07) is 8.39. The number of aromatic nitrogens is 2. The Labute approximate surface area is 261 Å². The molecular formula is C33H37ClF2N6O2. The van der Waals surface area contributed by atoms with E-state index in [4.69, 9.17) is 26.3 Å². The third-order valence-electron chi connectivity index (χ3n) is 10.8. The summed E-state index contributed by atoms with van der Waals surface area (Å²) in [5.41, 5.74) is 2.34. The molecule has 4 atom stereocenters. The van der Waals surface area contributed by atoms with Crippen LogP contribution in [0.25, 0.3) is 0 Å². The van der Waals surface area contributed by atoms with Crippen molar-refractivity contribution in [3.63, 3.8) is 0 Å². The van der Waals surface area contributed by atoms with E-state index in [-0.39, 0.29) is 25.5 Å². The largest absolute Gasteiger partial charge is 0.462 e. The number of ether oxygens (including phenoxy) is 1. The van der Waals surface area contributed by atoms with E-state index in [0.717, 1.165) is 36.1 Å². The molecule has 2 aliphatic heterocycles. The van der Waals surface area contributed by atoms with Crippen molar-refractivity contribution >= 4 is 23.3 Å². The van der Waals surface area contributed by atoms with Crippen LogP contribution in [0.2, 0.25) is 5.02 Å². The first-order chi connectivity index (χ1) is 21.3. The van der Waals surface area contributed by atoms with Crippen LogP contribution in [0, 0.1) is 11.3 Å². The maximum Gasteiger partial charge on any atom is 0.318 e. The molecule has 3 aliphatic carbocycles. The van der Waals surface area contributed by atoms with Gasteiger partial charge in [0.2, 0.25) is 0 Å². The van der Waals surface area contributed by atoms with Gasteiger partial charge in [0, 0.05) is 54.3 Å². The van der Waals surface area contributed by atoms with E-state index in [2.05, 4.69) is 17.5 Å². The fourth-order valence-corrected chi connectivity index (χ4v) is 8.29. The van der Waals surface area contributed by atoms with E-state index in [0.29, 0.717) is 61.0 Å². The van der Waals surface area contributed by atoms with Crippen LogP contribution in [0.15, 0.2) is 30.6 Å². The number of hydrogen-bond acceptors (Lipinski definition) is 7. The van der Waals surface area contributed by atoms with Crippen molar-refractivity contribution < 1.29 is 18.3 Å². The Balaban J connectivity index is 1.22. The van der Waals surface area contributed by atoms with E-state index < -0.39 is 29.4 Å². The normalized spacial score (nSPS) is 28.1.